The van der Waals surface area contributed by atoms with Crippen LogP contribution in [0.15, 0.2) is 212 Å². The molecule has 0 amide bonds. The third kappa shape index (κ3) is 5.96. The lowest BCUT2D eigenvalue weighted by molar-refractivity contribution is 1.28. The fourth-order valence-electron chi connectivity index (χ4n) is 7.28. The van der Waals surface area contributed by atoms with Crippen molar-refractivity contribution in [2.24, 2.45) is 0 Å². The van der Waals surface area contributed by atoms with Gasteiger partial charge in [0.1, 0.15) is 0 Å². The van der Waals surface area contributed by atoms with Gasteiger partial charge in [-0.1, -0.05) is 164 Å². The van der Waals surface area contributed by atoms with Gasteiger partial charge in [-0.05, 0) is 115 Å². The smallest absolute Gasteiger partial charge is 0.0462 e. The highest BCUT2D eigenvalue weighted by Gasteiger charge is 2.14. The monoisotopic (exact) mass is 649 g/mol. The summed E-state index contributed by atoms with van der Waals surface area (Å²) in [5.41, 5.74) is 13.2. The molecule has 0 saturated heterocycles. The molecule has 0 atom stereocenters. The SMILES string of the molecule is c1ccc(-c2ccc(-c3cccc4cc5c(-c6ccc(N(c7ccccc7)c7ccc(-c8ccccc8)cc7)cc6)cccc5cc34)cc2)cc1. The maximum Gasteiger partial charge on any atom is 0.0462 e. The van der Waals surface area contributed by atoms with Crippen LogP contribution >= 0.6 is 0 Å². The molecule has 0 aliphatic rings. The Hall–Kier alpha value is -6.70. The first-order valence-electron chi connectivity index (χ1n) is 17.5. The fraction of sp³-hybridized carbons (Fsp3) is 0. The summed E-state index contributed by atoms with van der Waals surface area (Å²) in [5, 5.41) is 5.00. The van der Waals surface area contributed by atoms with Crippen LogP contribution in [-0.2, 0) is 0 Å². The van der Waals surface area contributed by atoms with E-state index < -0.39 is 0 Å². The number of nitrogens with zero attached hydrogens (tertiary/aromatic N) is 1. The van der Waals surface area contributed by atoms with Gasteiger partial charge in [0.15, 0.2) is 0 Å². The van der Waals surface area contributed by atoms with Gasteiger partial charge in [-0.2, -0.15) is 0 Å². The van der Waals surface area contributed by atoms with Gasteiger partial charge in [0.05, 0.1) is 0 Å². The second-order valence-electron chi connectivity index (χ2n) is 13.0. The number of fused-ring (bicyclic) bond motifs is 2. The zero-order chi connectivity index (χ0) is 34.0. The molecule has 0 aromatic heterocycles. The van der Waals surface area contributed by atoms with E-state index in [2.05, 4.69) is 217 Å². The van der Waals surface area contributed by atoms with Crippen LogP contribution < -0.4 is 4.90 Å². The molecular weight excluding hydrogens is 615 g/mol. The van der Waals surface area contributed by atoms with Crippen molar-refractivity contribution >= 4 is 38.6 Å². The molecule has 0 aliphatic carbocycles. The van der Waals surface area contributed by atoms with Gasteiger partial charge >= 0.3 is 0 Å². The van der Waals surface area contributed by atoms with E-state index in [0.717, 1.165) is 17.1 Å². The van der Waals surface area contributed by atoms with Crippen LogP contribution in [0, 0.1) is 0 Å². The molecule has 0 saturated carbocycles. The van der Waals surface area contributed by atoms with Crippen molar-refractivity contribution in [3.05, 3.63) is 212 Å². The minimum Gasteiger partial charge on any atom is -0.311 e. The molecule has 240 valence electrons. The van der Waals surface area contributed by atoms with Crippen molar-refractivity contribution in [3.8, 4) is 44.5 Å². The molecule has 0 spiro atoms. The molecule has 0 radical (unpaired) electrons. The van der Waals surface area contributed by atoms with Crippen LogP contribution in [0.25, 0.3) is 66.1 Å². The summed E-state index contributed by atoms with van der Waals surface area (Å²) in [5.74, 6) is 0. The van der Waals surface area contributed by atoms with Gasteiger partial charge in [0.2, 0.25) is 0 Å². The highest BCUT2D eigenvalue weighted by Crippen LogP contribution is 2.39. The minimum absolute atomic E-state index is 1.12. The molecule has 0 N–H and O–H groups in total. The summed E-state index contributed by atoms with van der Waals surface area (Å²) in [6, 6.07) is 76.5. The highest BCUT2D eigenvalue weighted by atomic mass is 15.1. The Morgan fingerprint density at radius 3 is 1.02 bits per heavy atom. The fourth-order valence-corrected chi connectivity index (χ4v) is 7.28. The van der Waals surface area contributed by atoms with Crippen molar-refractivity contribution in [3.63, 3.8) is 0 Å². The number of hydrogen-bond acceptors (Lipinski definition) is 1. The average molecular weight is 650 g/mol. The van der Waals surface area contributed by atoms with Crippen LogP contribution in [0.1, 0.15) is 0 Å². The number of para-hydroxylation sites is 1. The lowest BCUT2D eigenvalue weighted by atomic mass is 9.92. The molecule has 1 nitrogen and oxygen atoms in total. The molecule has 0 unspecified atom stereocenters. The van der Waals surface area contributed by atoms with Crippen molar-refractivity contribution in [2.45, 2.75) is 0 Å². The summed E-state index contributed by atoms with van der Waals surface area (Å²) in [6.45, 7) is 0. The quantitative estimate of drug-likeness (QED) is 0.155. The minimum atomic E-state index is 1.12. The zero-order valence-electron chi connectivity index (χ0n) is 28.2. The predicted octanol–water partition coefficient (Wildman–Crippen LogP) is 14.1. The molecular formula is C50H35N. The van der Waals surface area contributed by atoms with E-state index in [1.165, 1.54) is 66.1 Å². The Morgan fingerprint density at radius 2 is 0.569 bits per heavy atom. The van der Waals surface area contributed by atoms with E-state index in [0.29, 0.717) is 0 Å². The van der Waals surface area contributed by atoms with Gasteiger partial charge in [0, 0.05) is 17.1 Å². The molecule has 0 bridgehead atoms. The standard InChI is InChI=1S/C50H35N/c1-4-12-36(13-5-1)38-22-24-40(25-23-38)47-20-10-16-42-35-50-43(34-49(42)47)17-11-21-48(50)41-28-32-46(33-29-41)51(44-18-8-3-9-19-44)45-30-26-39(27-31-45)37-14-6-2-7-15-37/h1-35H. The van der Waals surface area contributed by atoms with Crippen LogP contribution in [0.4, 0.5) is 17.1 Å². The third-order valence-electron chi connectivity index (χ3n) is 9.87. The number of benzene rings is 9. The number of rotatable bonds is 7. The lowest BCUT2D eigenvalue weighted by Crippen LogP contribution is -2.09. The second kappa shape index (κ2) is 13.3. The Morgan fingerprint density at radius 1 is 0.235 bits per heavy atom. The second-order valence-corrected chi connectivity index (χ2v) is 13.0. The molecule has 9 aromatic rings. The number of hydrogen-bond donors (Lipinski definition) is 0. The summed E-state index contributed by atoms with van der Waals surface area (Å²) in [4.78, 5) is 2.32. The van der Waals surface area contributed by atoms with Gasteiger partial charge in [-0.15, -0.1) is 0 Å². The lowest BCUT2D eigenvalue weighted by Gasteiger charge is -2.26. The predicted molar refractivity (Wildman–Crippen MR) is 218 cm³/mol. The maximum atomic E-state index is 2.36. The van der Waals surface area contributed by atoms with Crippen LogP contribution in [0.2, 0.25) is 0 Å². The Kier molecular flexibility index (Phi) is 7.92. The van der Waals surface area contributed by atoms with Crippen molar-refractivity contribution in [1.29, 1.82) is 0 Å². The van der Waals surface area contributed by atoms with E-state index in [1.54, 1.807) is 0 Å². The first kappa shape index (κ1) is 30.4. The zero-order valence-corrected chi connectivity index (χ0v) is 28.2. The third-order valence-corrected chi connectivity index (χ3v) is 9.87. The molecule has 0 aliphatic heterocycles. The van der Waals surface area contributed by atoms with Gasteiger partial charge in [0.25, 0.3) is 0 Å². The first-order valence-corrected chi connectivity index (χ1v) is 17.5. The van der Waals surface area contributed by atoms with Crippen LogP contribution in [0.5, 0.6) is 0 Å². The topological polar surface area (TPSA) is 3.24 Å². The van der Waals surface area contributed by atoms with Crippen molar-refractivity contribution in [2.75, 3.05) is 4.90 Å². The summed E-state index contributed by atoms with van der Waals surface area (Å²) in [7, 11) is 0. The van der Waals surface area contributed by atoms with Crippen molar-refractivity contribution < 1.29 is 0 Å². The van der Waals surface area contributed by atoms with E-state index in [1.807, 2.05) is 0 Å². The summed E-state index contributed by atoms with van der Waals surface area (Å²) >= 11 is 0. The van der Waals surface area contributed by atoms with E-state index in [4.69, 9.17) is 0 Å². The van der Waals surface area contributed by atoms with E-state index in [9.17, 15) is 0 Å². The summed E-state index contributed by atoms with van der Waals surface area (Å²) < 4.78 is 0. The molecule has 0 heterocycles. The van der Waals surface area contributed by atoms with Crippen LogP contribution in [-0.4, -0.2) is 0 Å². The highest BCUT2D eigenvalue weighted by molar-refractivity contribution is 6.09. The molecule has 51 heavy (non-hydrogen) atoms. The molecule has 9 rings (SSSR count). The van der Waals surface area contributed by atoms with Gasteiger partial charge in [-0.25, -0.2) is 0 Å². The van der Waals surface area contributed by atoms with Crippen LogP contribution in [0.3, 0.4) is 0 Å². The molecule has 0 fully saturated rings. The van der Waals surface area contributed by atoms with E-state index >= 15 is 0 Å². The Bertz CT molecular complexity index is 2570. The molecule has 9 aromatic carbocycles. The normalized spacial score (nSPS) is 11.1. The van der Waals surface area contributed by atoms with Crippen molar-refractivity contribution in [1.82, 2.24) is 0 Å². The molecule has 1 heteroatoms. The van der Waals surface area contributed by atoms with E-state index in [-0.39, 0.29) is 0 Å². The summed E-state index contributed by atoms with van der Waals surface area (Å²) in [6.07, 6.45) is 0. The Balaban J connectivity index is 1.06. The largest absolute Gasteiger partial charge is 0.311 e. The number of anilines is 3. The van der Waals surface area contributed by atoms with Gasteiger partial charge in [-0.3, -0.25) is 0 Å². The maximum absolute atomic E-state index is 2.36. The average Bonchev–Trinajstić information content (AvgIpc) is 3.21. The Labute approximate surface area is 299 Å². The first-order chi connectivity index (χ1) is 25.3. The van der Waals surface area contributed by atoms with Gasteiger partial charge < -0.3 is 4.90 Å².